The number of nitrogens with one attached hydrogen (secondary N) is 1. The smallest absolute Gasteiger partial charge is 0.255 e. The van der Waals surface area contributed by atoms with Gasteiger partial charge in [-0.2, -0.15) is 0 Å². The van der Waals surface area contributed by atoms with Crippen molar-refractivity contribution < 1.29 is 4.79 Å². The van der Waals surface area contributed by atoms with Gasteiger partial charge in [-0.1, -0.05) is 17.7 Å². The molecule has 2 rings (SSSR count). The van der Waals surface area contributed by atoms with E-state index in [1.165, 1.54) is 11.3 Å². The Morgan fingerprint density at radius 3 is 2.70 bits per heavy atom. The topological polar surface area (TPSA) is 55.1 Å². The summed E-state index contributed by atoms with van der Waals surface area (Å²) in [5, 5.41) is 6.04. The fourth-order valence-electron chi connectivity index (χ4n) is 1.97. The van der Waals surface area contributed by atoms with Crippen molar-refractivity contribution in [1.29, 1.82) is 0 Å². The molecule has 0 atom stereocenters. The number of benzene rings is 1. The Hall–Kier alpha value is -1.52. The van der Waals surface area contributed by atoms with Gasteiger partial charge in [-0.05, 0) is 44.0 Å². The lowest BCUT2D eigenvalue weighted by molar-refractivity contribution is 0.0945. The van der Waals surface area contributed by atoms with Gasteiger partial charge in [0.2, 0.25) is 0 Å². The molecule has 1 aromatic carbocycles. The summed E-state index contributed by atoms with van der Waals surface area (Å²) in [4.78, 5) is 12.3. The molecule has 1 aromatic heterocycles. The molecule has 0 unspecified atom stereocenters. The number of nitrogens with two attached hydrogens (primary N) is 1. The second-order valence-corrected chi connectivity index (χ2v) is 6.30. The van der Waals surface area contributed by atoms with Gasteiger partial charge in [0.1, 0.15) is 0 Å². The number of thiophene rings is 1. The minimum atomic E-state index is -0.138. The molecule has 3 nitrogen and oxygen atoms in total. The molecule has 0 aliphatic carbocycles. The number of halogens is 1. The lowest BCUT2D eigenvalue weighted by atomic mass is 10.0. The van der Waals surface area contributed by atoms with E-state index < -0.39 is 0 Å². The fraction of sp³-hybridized carbons (Fsp3) is 0.267. The van der Waals surface area contributed by atoms with Crippen LogP contribution >= 0.6 is 22.9 Å². The number of hydrogen-bond donors (Lipinski definition) is 2. The fourth-order valence-corrected chi connectivity index (χ4v) is 2.90. The molecule has 0 saturated carbocycles. The molecule has 20 heavy (non-hydrogen) atoms. The lowest BCUT2D eigenvalue weighted by Crippen LogP contribution is -2.30. The number of rotatable bonds is 3. The van der Waals surface area contributed by atoms with Gasteiger partial charge < -0.3 is 11.1 Å². The van der Waals surface area contributed by atoms with Crippen LogP contribution in [0.15, 0.2) is 23.6 Å². The number of carbonyl (C=O) groups excluding carboxylic acids is 1. The number of anilines is 1. The van der Waals surface area contributed by atoms with Crippen LogP contribution in [0.2, 0.25) is 5.02 Å². The van der Waals surface area contributed by atoms with E-state index in [1.807, 2.05) is 44.4 Å². The normalized spacial score (nSPS) is 10.8. The molecule has 5 heteroatoms. The number of hydrogen-bond acceptors (Lipinski definition) is 3. The van der Waals surface area contributed by atoms with E-state index >= 15 is 0 Å². The van der Waals surface area contributed by atoms with Crippen LogP contribution in [0.1, 0.15) is 29.8 Å². The highest BCUT2D eigenvalue weighted by Crippen LogP contribution is 2.35. The van der Waals surface area contributed by atoms with E-state index in [1.54, 1.807) is 0 Å². The Balaban J connectivity index is 2.47. The zero-order valence-corrected chi connectivity index (χ0v) is 13.2. The first-order chi connectivity index (χ1) is 9.40. The zero-order chi connectivity index (χ0) is 14.9. The Morgan fingerprint density at radius 1 is 1.40 bits per heavy atom. The first-order valence-electron chi connectivity index (χ1n) is 6.34. The van der Waals surface area contributed by atoms with Crippen molar-refractivity contribution in [3.63, 3.8) is 0 Å². The maximum absolute atomic E-state index is 12.3. The van der Waals surface area contributed by atoms with Crippen LogP contribution in [0, 0.1) is 6.92 Å². The van der Waals surface area contributed by atoms with E-state index in [-0.39, 0.29) is 11.9 Å². The van der Waals surface area contributed by atoms with Crippen LogP contribution in [0.5, 0.6) is 0 Å². The molecule has 2 aromatic rings. The highest BCUT2D eigenvalue weighted by Gasteiger charge is 2.19. The summed E-state index contributed by atoms with van der Waals surface area (Å²) in [5.74, 6) is -0.138. The summed E-state index contributed by atoms with van der Waals surface area (Å²) >= 11 is 7.42. The molecular formula is C15H17ClN2OS. The molecule has 0 aliphatic rings. The van der Waals surface area contributed by atoms with E-state index in [0.29, 0.717) is 15.6 Å². The van der Waals surface area contributed by atoms with E-state index in [9.17, 15) is 4.79 Å². The third-order valence-electron chi connectivity index (χ3n) is 2.94. The summed E-state index contributed by atoms with van der Waals surface area (Å²) in [5.41, 5.74) is 9.28. The van der Waals surface area contributed by atoms with Gasteiger partial charge in [0, 0.05) is 22.0 Å². The van der Waals surface area contributed by atoms with Crippen molar-refractivity contribution in [3.05, 3.63) is 39.7 Å². The summed E-state index contributed by atoms with van der Waals surface area (Å²) in [7, 11) is 0. The van der Waals surface area contributed by atoms with Crippen molar-refractivity contribution >= 4 is 33.8 Å². The molecule has 0 saturated heterocycles. The third kappa shape index (κ3) is 2.97. The zero-order valence-electron chi connectivity index (χ0n) is 11.7. The average molecular weight is 309 g/mol. The highest BCUT2D eigenvalue weighted by atomic mass is 35.5. The van der Waals surface area contributed by atoms with Crippen molar-refractivity contribution in [2.75, 3.05) is 5.73 Å². The molecule has 106 valence electrons. The van der Waals surface area contributed by atoms with Crippen molar-refractivity contribution in [3.8, 4) is 11.1 Å². The van der Waals surface area contributed by atoms with E-state index in [0.717, 1.165) is 16.7 Å². The van der Waals surface area contributed by atoms with E-state index in [4.69, 9.17) is 17.3 Å². The molecule has 0 aliphatic heterocycles. The Kier molecular flexibility index (Phi) is 4.35. The predicted octanol–water partition coefficient (Wildman–Crippen LogP) is 4.10. The highest BCUT2D eigenvalue weighted by molar-refractivity contribution is 7.15. The van der Waals surface area contributed by atoms with Crippen LogP contribution in [-0.2, 0) is 0 Å². The third-order valence-corrected chi connectivity index (χ3v) is 4.17. The van der Waals surface area contributed by atoms with E-state index in [2.05, 4.69) is 5.32 Å². The summed E-state index contributed by atoms with van der Waals surface area (Å²) in [6, 6.07) is 5.78. The lowest BCUT2D eigenvalue weighted by Gasteiger charge is -2.11. The number of aryl methyl sites for hydroxylation is 1. The van der Waals surface area contributed by atoms with Crippen LogP contribution in [0.25, 0.3) is 11.1 Å². The first kappa shape index (κ1) is 14.9. The first-order valence-corrected chi connectivity index (χ1v) is 7.60. The molecule has 0 bridgehead atoms. The Labute approximate surface area is 127 Å². The quantitative estimate of drug-likeness (QED) is 0.897. The molecule has 0 spiro atoms. The maximum Gasteiger partial charge on any atom is 0.255 e. The van der Waals surface area contributed by atoms with Gasteiger partial charge in [0.15, 0.2) is 0 Å². The SMILES string of the molecule is Cc1cc(-c2csc(N)c2C(=O)NC(C)C)ccc1Cl. The molecular weight excluding hydrogens is 292 g/mol. The second kappa shape index (κ2) is 5.85. The predicted molar refractivity (Wildman–Crippen MR) is 86.5 cm³/mol. The van der Waals surface area contributed by atoms with Crippen molar-refractivity contribution in [1.82, 2.24) is 5.32 Å². The van der Waals surface area contributed by atoms with Gasteiger partial charge in [-0.25, -0.2) is 0 Å². The van der Waals surface area contributed by atoms with Gasteiger partial charge in [0.25, 0.3) is 5.91 Å². The summed E-state index contributed by atoms with van der Waals surface area (Å²) < 4.78 is 0. The number of carbonyl (C=O) groups is 1. The molecule has 0 radical (unpaired) electrons. The summed E-state index contributed by atoms with van der Waals surface area (Å²) in [6.45, 7) is 5.79. The molecule has 1 amide bonds. The largest absolute Gasteiger partial charge is 0.390 e. The monoisotopic (exact) mass is 308 g/mol. The van der Waals surface area contributed by atoms with Crippen LogP contribution < -0.4 is 11.1 Å². The Morgan fingerprint density at radius 2 is 2.10 bits per heavy atom. The minimum absolute atomic E-state index is 0.0709. The average Bonchev–Trinajstić information content (AvgIpc) is 2.74. The Bertz CT molecular complexity index is 649. The van der Waals surface area contributed by atoms with Crippen LogP contribution in [0.4, 0.5) is 5.00 Å². The molecule has 0 fully saturated rings. The van der Waals surface area contributed by atoms with Gasteiger partial charge in [-0.3, -0.25) is 4.79 Å². The maximum atomic E-state index is 12.3. The molecule has 1 heterocycles. The summed E-state index contributed by atoms with van der Waals surface area (Å²) in [6.07, 6.45) is 0. The number of amides is 1. The van der Waals surface area contributed by atoms with Gasteiger partial charge in [-0.15, -0.1) is 11.3 Å². The molecule has 3 N–H and O–H groups in total. The minimum Gasteiger partial charge on any atom is -0.390 e. The van der Waals surface area contributed by atoms with Crippen LogP contribution in [-0.4, -0.2) is 11.9 Å². The van der Waals surface area contributed by atoms with Crippen molar-refractivity contribution in [2.24, 2.45) is 0 Å². The van der Waals surface area contributed by atoms with Gasteiger partial charge >= 0.3 is 0 Å². The van der Waals surface area contributed by atoms with Crippen LogP contribution in [0.3, 0.4) is 0 Å². The standard InChI is InChI=1S/C15H17ClN2OS/c1-8(2)18-15(19)13-11(7-20-14(13)17)10-4-5-12(16)9(3)6-10/h4-8H,17H2,1-3H3,(H,18,19). The second-order valence-electron chi connectivity index (χ2n) is 4.98. The van der Waals surface area contributed by atoms with Gasteiger partial charge in [0.05, 0.1) is 10.6 Å². The number of nitrogen functional groups attached to an aromatic ring is 1. The van der Waals surface area contributed by atoms with Crippen molar-refractivity contribution in [2.45, 2.75) is 26.8 Å².